The lowest BCUT2D eigenvalue weighted by atomic mass is 9.87. The van der Waals surface area contributed by atoms with Crippen LogP contribution in [0.15, 0.2) is 36.4 Å². The first kappa shape index (κ1) is 24.8. The Morgan fingerprint density at radius 1 is 1.20 bits per heavy atom. The number of nitrogens with one attached hydrogen (secondary N) is 1. The van der Waals surface area contributed by atoms with E-state index in [0.29, 0.717) is 31.7 Å². The molecule has 1 amide bonds. The number of hydrogen-bond acceptors (Lipinski definition) is 5. The van der Waals surface area contributed by atoms with Crippen LogP contribution in [0, 0.1) is 0 Å². The van der Waals surface area contributed by atoms with Crippen LogP contribution in [-0.4, -0.2) is 69.5 Å². The summed E-state index contributed by atoms with van der Waals surface area (Å²) < 4.78 is 28.6. The number of rotatable bonds is 6. The fourth-order valence-corrected chi connectivity index (χ4v) is 3.20. The molecule has 2 rings (SSSR count). The lowest BCUT2D eigenvalue weighted by Crippen LogP contribution is -2.65. The van der Waals surface area contributed by atoms with Crippen LogP contribution in [-0.2, 0) is 16.0 Å². The molecule has 0 aliphatic carbocycles. The molecule has 0 unspecified atom stereocenters. The molecule has 1 heterocycles. The molecule has 0 spiro atoms. The Hall–Kier alpha value is -3.21. The number of amides is 1. The molecule has 1 aliphatic rings. The molecule has 0 aromatic heterocycles. The van der Waals surface area contributed by atoms with E-state index in [9.17, 15) is 28.3 Å². The zero-order valence-electron chi connectivity index (χ0n) is 16.4. The molecule has 1 fully saturated rings. The number of ether oxygens (including phenoxy) is 1. The van der Waals surface area contributed by atoms with Gasteiger partial charge in [-0.2, -0.15) is 8.78 Å². The van der Waals surface area contributed by atoms with E-state index in [0.717, 1.165) is 5.56 Å². The molecule has 1 aliphatic heterocycles. The highest BCUT2D eigenvalue weighted by atomic mass is 19.3. The third-order valence-corrected chi connectivity index (χ3v) is 4.28. The summed E-state index contributed by atoms with van der Waals surface area (Å²) in [6.45, 7) is 2.04. The highest BCUT2D eigenvalue weighted by Gasteiger charge is 2.41. The lowest BCUT2D eigenvalue weighted by Gasteiger charge is -2.47. The number of halogens is 2. The lowest BCUT2D eigenvalue weighted by molar-refractivity contribution is -0.134. The van der Waals surface area contributed by atoms with Gasteiger partial charge in [-0.25, -0.2) is 14.4 Å². The van der Waals surface area contributed by atoms with Crippen molar-refractivity contribution in [1.29, 1.82) is 0 Å². The minimum atomic E-state index is -2.85. The maximum atomic E-state index is 12.1. The van der Waals surface area contributed by atoms with Crippen LogP contribution >= 0.6 is 0 Å². The SMILES string of the molecule is C[C@@H]1CNC[C@@](C)(Cc2ccc(OC(F)F)cc2)N1C(=O)O.O=C(O)C=CC(=O)O. The fourth-order valence-electron chi connectivity index (χ4n) is 3.20. The van der Waals surface area contributed by atoms with Crippen LogP contribution in [0.1, 0.15) is 19.4 Å². The van der Waals surface area contributed by atoms with Gasteiger partial charge in [0.15, 0.2) is 0 Å². The van der Waals surface area contributed by atoms with Gasteiger partial charge in [0, 0.05) is 31.3 Å². The Morgan fingerprint density at radius 2 is 1.73 bits per heavy atom. The van der Waals surface area contributed by atoms with Crippen molar-refractivity contribution in [3.05, 3.63) is 42.0 Å². The summed E-state index contributed by atoms with van der Waals surface area (Å²) in [6, 6.07) is 6.17. The maximum Gasteiger partial charge on any atom is 0.408 e. The smallest absolute Gasteiger partial charge is 0.408 e. The number of nitrogens with zero attached hydrogens (tertiary/aromatic N) is 1. The Bertz CT molecular complexity index is 755. The van der Waals surface area contributed by atoms with Gasteiger partial charge in [-0.05, 0) is 38.0 Å². The van der Waals surface area contributed by atoms with Gasteiger partial charge in [-0.15, -0.1) is 0 Å². The highest BCUT2D eigenvalue weighted by molar-refractivity contribution is 5.89. The number of hydrogen-bond donors (Lipinski definition) is 4. The summed E-state index contributed by atoms with van der Waals surface area (Å²) in [7, 11) is 0. The van der Waals surface area contributed by atoms with Gasteiger partial charge in [0.1, 0.15) is 5.75 Å². The monoisotopic (exact) mass is 430 g/mol. The van der Waals surface area contributed by atoms with Gasteiger partial charge in [0.05, 0.1) is 5.54 Å². The summed E-state index contributed by atoms with van der Waals surface area (Å²) in [5.41, 5.74) is 0.278. The van der Waals surface area contributed by atoms with E-state index in [1.165, 1.54) is 17.0 Å². The average Bonchev–Trinajstić information content (AvgIpc) is 2.61. The van der Waals surface area contributed by atoms with E-state index in [2.05, 4.69) is 10.1 Å². The van der Waals surface area contributed by atoms with Crippen molar-refractivity contribution >= 4 is 18.0 Å². The van der Waals surface area contributed by atoms with Crippen molar-refractivity contribution in [3.63, 3.8) is 0 Å². The largest absolute Gasteiger partial charge is 0.478 e. The van der Waals surface area contributed by atoms with E-state index in [1.807, 2.05) is 13.8 Å². The van der Waals surface area contributed by atoms with Gasteiger partial charge in [-0.3, -0.25) is 4.90 Å². The minimum absolute atomic E-state index is 0.0918. The van der Waals surface area contributed by atoms with Crippen LogP contribution < -0.4 is 10.1 Å². The van der Waals surface area contributed by atoms with Gasteiger partial charge in [0.2, 0.25) is 0 Å². The summed E-state index contributed by atoms with van der Waals surface area (Å²) in [5, 5.41) is 28.3. The number of carboxylic acid groups (broad SMARTS) is 3. The molecular formula is C19H24F2N2O7. The van der Waals surface area contributed by atoms with E-state index in [4.69, 9.17) is 10.2 Å². The van der Waals surface area contributed by atoms with Crippen molar-refractivity contribution in [3.8, 4) is 5.75 Å². The molecule has 11 heteroatoms. The second-order valence-corrected chi connectivity index (χ2v) is 6.84. The summed E-state index contributed by atoms with van der Waals surface area (Å²) >= 11 is 0. The summed E-state index contributed by atoms with van der Waals surface area (Å²) in [6.07, 6.45) is 0.658. The predicted molar refractivity (Wildman–Crippen MR) is 102 cm³/mol. The molecule has 166 valence electrons. The van der Waals surface area contributed by atoms with E-state index in [-0.39, 0.29) is 11.8 Å². The summed E-state index contributed by atoms with van der Waals surface area (Å²) in [4.78, 5) is 32.1. The third kappa shape index (κ3) is 8.03. The molecule has 1 saturated heterocycles. The molecule has 1 aromatic rings. The molecule has 9 nitrogen and oxygen atoms in total. The molecule has 0 bridgehead atoms. The normalized spacial score (nSPS) is 21.1. The number of alkyl halides is 2. The van der Waals surface area contributed by atoms with Crippen LogP contribution in [0.5, 0.6) is 5.75 Å². The Kier molecular flexibility index (Phi) is 9.18. The number of carbonyl (C=O) groups is 3. The van der Waals surface area contributed by atoms with E-state index in [1.54, 1.807) is 12.1 Å². The van der Waals surface area contributed by atoms with E-state index >= 15 is 0 Å². The molecule has 4 N–H and O–H groups in total. The van der Waals surface area contributed by atoms with E-state index < -0.39 is 30.2 Å². The Labute approximate surface area is 171 Å². The first-order chi connectivity index (χ1) is 13.9. The fraction of sp³-hybridized carbons (Fsp3) is 0.421. The van der Waals surface area contributed by atoms with Gasteiger partial charge >= 0.3 is 24.6 Å². The van der Waals surface area contributed by atoms with Crippen LogP contribution in [0.3, 0.4) is 0 Å². The zero-order chi connectivity index (χ0) is 22.9. The van der Waals surface area contributed by atoms with Crippen molar-refractivity contribution in [2.24, 2.45) is 0 Å². The molecule has 2 atom stereocenters. The standard InChI is InChI=1S/C15H20F2N2O3.C4H4O4/c1-10-8-18-9-15(2,19(10)14(20)21)7-11-3-5-12(6-4-11)22-13(16)17;5-3(6)1-2-4(7)8/h3-6,10,13,18H,7-9H2,1-2H3,(H,20,21);1-2H,(H,5,6)(H,7,8)/t10-,15-;/m1./s1. The molecular weight excluding hydrogens is 406 g/mol. The second-order valence-electron chi connectivity index (χ2n) is 6.84. The second kappa shape index (κ2) is 11.1. The van der Waals surface area contributed by atoms with Crippen molar-refractivity contribution in [2.45, 2.75) is 38.5 Å². The van der Waals surface area contributed by atoms with Gasteiger partial charge in [-0.1, -0.05) is 12.1 Å². The van der Waals surface area contributed by atoms with Gasteiger partial charge in [0.25, 0.3) is 0 Å². The number of aliphatic carboxylic acids is 2. The molecule has 0 radical (unpaired) electrons. The molecule has 30 heavy (non-hydrogen) atoms. The first-order valence-electron chi connectivity index (χ1n) is 8.85. The number of piperazine rings is 1. The van der Waals surface area contributed by atoms with Crippen LogP contribution in [0.25, 0.3) is 0 Å². The Balaban J connectivity index is 0.000000479. The highest BCUT2D eigenvalue weighted by Crippen LogP contribution is 2.27. The summed E-state index contributed by atoms with van der Waals surface area (Å²) in [5.74, 6) is -2.42. The van der Waals surface area contributed by atoms with Crippen molar-refractivity contribution < 1.29 is 43.2 Å². The number of carboxylic acids is 2. The predicted octanol–water partition coefficient (Wildman–Crippen LogP) is 2.27. The molecule has 0 saturated carbocycles. The van der Waals surface area contributed by atoms with Crippen molar-refractivity contribution in [2.75, 3.05) is 13.1 Å². The minimum Gasteiger partial charge on any atom is -0.478 e. The van der Waals surface area contributed by atoms with Crippen molar-refractivity contribution in [1.82, 2.24) is 10.2 Å². The van der Waals surface area contributed by atoms with Crippen LogP contribution in [0.2, 0.25) is 0 Å². The Morgan fingerprint density at radius 3 is 2.17 bits per heavy atom. The third-order valence-electron chi connectivity index (χ3n) is 4.28. The zero-order valence-corrected chi connectivity index (χ0v) is 16.4. The topological polar surface area (TPSA) is 136 Å². The quantitative estimate of drug-likeness (QED) is 0.505. The van der Waals surface area contributed by atoms with Crippen LogP contribution in [0.4, 0.5) is 13.6 Å². The van der Waals surface area contributed by atoms with Gasteiger partial charge < -0.3 is 25.4 Å². The maximum absolute atomic E-state index is 12.1. The average molecular weight is 430 g/mol. The molecule has 1 aromatic carbocycles. The first-order valence-corrected chi connectivity index (χ1v) is 8.85. The number of benzene rings is 1.